The van der Waals surface area contributed by atoms with Crippen LogP contribution in [0.15, 0.2) is 0 Å². The van der Waals surface area contributed by atoms with E-state index in [0.29, 0.717) is 7.05 Å². The van der Waals surface area contributed by atoms with E-state index < -0.39 is 47.5 Å². The minimum atomic E-state index is -5.41. The van der Waals surface area contributed by atoms with Crippen molar-refractivity contribution in [3.05, 3.63) is 0 Å². The molecular formula is C11H14F8N2O6. The zero-order valence-electron chi connectivity index (χ0n) is 12.6. The first-order valence-corrected chi connectivity index (χ1v) is 5.79. The zero-order chi connectivity index (χ0) is 21.7. The summed E-state index contributed by atoms with van der Waals surface area (Å²) in [5, 5.41) is 8.95. The Bertz CT molecular complexity index is 557. The van der Waals surface area contributed by atoms with Crippen LogP contribution in [-0.4, -0.2) is 66.7 Å². The van der Waals surface area contributed by atoms with Crippen LogP contribution in [0.25, 0.3) is 0 Å². The average molecular weight is 422 g/mol. The quantitative estimate of drug-likeness (QED) is 0.345. The van der Waals surface area contributed by atoms with Gasteiger partial charge in [-0.1, -0.05) is 7.43 Å². The third kappa shape index (κ3) is 5.24. The molecule has 0 unspecified atom stereocenters. The molecule has 16 heteroatoms. The molecule has 1 saturated heterocycles. The van der Waals surface area contributed by atoms with Gasteiger partial charge in [-0.3, -0.25) is 4.79 Å². The Morgan fingerprint density at radius 2 is 1.26 bits per heavy atom. The van der Waals surface area contributed by atoms with Crippen LogP contribution >= 0.6 is 0 Å². The van der Waals surface area contributed by atoms with Gasteiger partial charge in [-0.25, -0.2) is 14.4 Å². The molecule has 0 aromatic rings. The molecule has 8 nitrogen and oxygen atoms in total. The predicted molar refractivity (Wildman–Crippen MR) is 69.4 cm³/mol. The largest absolute Gasteiger partial charge is 0.477 e. The van der Waals surface area contributed by atoms with E-state index >= 15 is 0 Å². The lowest BCUT2D eigenvalue weighted by Crippen LogP contribution is -2.55. The van der Waals surface area contributed by atoms with E-state index in [0.717, 1.165) is 0 Å². The Balaban J connectivity index is -0.000000380. The van der Waals surface area contributed by atoms with Gasteiger partial charge in [0.05, 0.1) is 0 Å². The second kappa shape index (κ2) is 9.43. The highest BCUT2D eigenvalue weighted by molar-refractivity contribution is 6.03. The first-order chi connectivity index (χ1) is 11.5. The van der Waals surface area contributed by atoms with E-state index in [1.807, 2.05) is 0 Å². The monoisotopic (exact) mass is 422 g/mol. The summed E-state index contributed by atoms with van der Waals surface area (Å²) in [6, 6.07) is 0. The van der Waals surface area contributed by atoms with E-state index in [9.17, 15) is 54.3 Å². The first kappa shape index (κ1) is 29.3. The molecule has 1 heterocycles. The summed E-state index contributed by atoms with van der Waals surface area (Å²) in [5.74, 6) is -31.1. The molecule has 4 N–H and O–H groups in total. The van der Waals surface area contributed by atoms with Crippen molar-refractivity contribution in [1.29, 1.82) is 0 Å². The molecule has 0 saturated carbocycles. The molecule has 27 heavy (non-hydrogen) atoms. The normalized spacial score (nSPS) is 17.1. The van der Waals surface area contributed by atoms with Gasteiger partial charge >= 0.3 is 41.6 Å². The predicted octanol–water partition coefficient (Wildman–Crippen LogP) is 0.639. The molecule has 0 atom stereocenters. The molecule has 0 radical (unpaired) electrons. The second-order valence-electron chi connectivity index (χ2n) is 3.86. The molecule has 0 aromatic carbocycles. The molecule has 1 aliphatic rings. The molecule has 0 aliphatic carbocycles. The van der Waals surface area contributed by atoms with Gasteiger partial charge in [0.1, 0.15) is 0 Å². The number of carbonyl (C=O) groups excluding carboxylic acids is 3. The summed E-state index contributed by atoms with van der Waals surface area (Å²) in [4.78, 5) is 39.6. The lowest BCUT2D eigenvalue weighted by Gasteiger charge is -2.20. The highest BCUT2D eigenvalue weighted by atomic mass is 19.3. The van der Waals surface area contributed by atoms with Crippen LogP contribution in [-0.2, 0) is 23.9 Å². The molecule has 160 valence electrons. The number of rotatable bonds is 3. The highest BCUT2D eigenvalue weighted by Gasteiger charge is 2.75. The molecule has 1 amide bonds. The Morgan fingerprint density at radius 3 is 1.41 bits per heavy atom. The molecule has 0 bridgehead atoms. The van der Waals surface area contributed by atoms with Crippen molar-refractivity contribution < 1.29 is 64.1 Å². The smallest absolute Gasteiger partial charge is 0.416 e. The van der Waals surface area contributed by atoms with E-state index in [2.05, 4.69) is 10.5 Å². The van der Waals surface area contributed by atoms with Gasteiger partial charge in [0.2, 0.25) is 0 Å². The maximum Gasteiger partial charge on any atom is 0.416 e. The molecule has 1 rings (SSSR count). The van der Waals surface area contributed by atoms with Gasteiger partial charge in [0.15, 0.2) is 0 Å². The van der Waals surface area contributed by atoms with Crippen molar-refractivity contribution in [2.24, 2.45) is 5.73 Å². The van der Waals surface area contributed by atoms with E-state index in [4.69, 9.17) is 5.11 Å². The van der Waals surface area contributed by atoms with Crippen LogP contribution in [0.5, 0.6) is 0 Å². The lowest BCUT2D eigenvalue weighted by molar-refractivity contribution is -0.222. The van der Waals surface area contributed by atoms with Gasteiger partial charge in [-0.15, -0.1) is 0 Å². The lowest BCUT2D eigenvalue weighted by atomic mass is 10.1. The maximum atomic E-state index is 12.3. The number of carboxylic acids is 1. The number of hydrogen-bond acceptors (Lipinski definition) is 6. The summed E-state index contributed by atoms with van der Waals surface area (Å²) >= 11 is 0. The first-order valence-electron chi connectivity index (χ1n) is 5.79. The van der Waals surface area contributed by atoms with Crippen LogP contribution in [0.2, 0.25) is 0 Å². The molecule has 0 spiro atoms. The van der Waals surface area contributed by atoms with Crippen LogP contribution in [0.1, 0.15) is 7.43 Å². The number of ether oxygens (including phenoxy) is 1. The minimum absolute atomic E-state index is 0. The number of halogens is 8. The Hall–Kier alpha value is -2.52. The summed E-state index contributed by atoms with van der Waals surface area (Å²) in [7, 11) is 2.19. The summed E-state index contributed by atoms with van der Waals surface area (Å²) in [5.41, 5.74) is 4.50. The average Bonchev–Trinajstić information content (AvgIpc) is 2.68. The van der Waals surface area contributed by atoms with Gasteiger partial charge in [-0.05, 0) is 7.05 Å². The maximum absolute atomic E-state index is 12.3. The number of alkyl halides is 8. The standard InChI is InChI=1S/C5H5F4NO3.C4F4O3.CH5N.CH4/c1-10-2(11)4(6,7)5(8,9)3(12)13;5-3(6)1(9)11-2(10)4(3,7)8;1-2;/h1H3,(H,10,11)(H,12,13);;2H2,1H3;1H4. The second-order valence-corrected chi connectivity index (χ2v) is 3.86. The molecular weight excluding hydrogens is 408 g/mol. The fraction of sp³-hybridized carbons (Fsp3) is 0.636. The van der Waals surface area contributed by atoms with Crippen molar-refractivity contribution in [3.8, 4) is 0 Å². The van der Waals surface area contributed by atoms with E-state index in [1.54, 1.807) is 0 Å². The number of carbonyl (C=O) groups is 4. The fourth-order valence-corrected chi connectivity index (χ4v) is 0.903. The zero-order valence-corrected chi connectivity index (χ0v) is 12.6. The van der Waals surface area contributed by atoms with Crippen LogP contribution in [0.3, 0.4) is 0 Å². The van der Waals surface area contributed by atoms with Crippen molar-refractivity contribution in [1.82, 2.24) is 5.32 Å². The van der Waals surface area contributed by atoms with Crippen LogP contribution in [0, 0.1) is 0 Å². The number of nitrogens with two attached hydrogens (primary N) is 1. The van der Waals surface area contributed by atoms with Crippen molar-refractivity contribution in [3.63, 3.8) is 0 Å². The van der Waals surface area contributed by atoms with Crippen LogP contribution in [0.4, 0.5) is 35.1 Å². The number of hydrogen-bond donors (Lipinski definition) is 3. The topological polar surface area (TPSA) is 136 Å². The molecule has 1 fully saturated rings. The van der Waals surface area contributed by atoms with Gasteiger partial charge in [0, 0.05) is 7.05 Å². The third-order valence-corrected chi connectivity index (χ3v) is 2.27. The number of amides is 1. The third-order valence-electron chi connectivity index (χ3n) is 2.27. The number of carboxylic acid groups (broad SMARTS) is 1. The van der Waals surface area contributed by atoms with Gasteiger partial charge in [0.25, 0.3) is 5.91 Å². The number of esters is 2. The minimum Gasteiger partial charge on any atom is -0.477 e. The summed E-state index contributed by atoms with van der Waals surface area (Å²) in [6.45, 7) is 0. The fourth-order valence-electron chi connectivity index (χ4n) is 0.903. The Kier molecular flexibility index (Phi) is 10.2. The van der Waals surface area contributed by atoms with Crippen molar-refractivity contribution in [2.75, 3.05) is 14.1 Å². The van der Waals surface area contributed by atoms with Crippen molar-refractivity contribution >= 4 is 23.8 Å². The van der Waals surface area contributed by atoms with E-state index in [-0.39, 0.29) is 7.43 Å². The molecule has 1 aliphatic heterocycles. The Morgan fingerprint density at radius 1 is 0.963 bits per heavy atom. The number of cyclic esters (lactones) is 2. The van der Waals surface area contributed by atoms with Crippen molar-refractivity contribution in [2.45, 2.75) is 31.1 Å². The number of nitrogens with one attached hydrogen (secondary N) is 1. The summed E-state index contributed by atoms with van der Waals surface area (Å²) < 4.78 is 99.6. The Labute approximate surface area is 145 Å². The number of aliphatic carboxylic acids is 1. The highest BCUT2D eigenvalue weighted by Crippen LogP contribution is 2.41. The SMILES string of the molecule is C.CN.CNC(=O)C(F)(F)C(F)(F)C(=O)O.O=C1OC(=O)C(F)(F)C1(F)F. The van der Waals surface area contributed by atoms with Gasteiger partial charge in [-0.2, -0.15) is 35.1 Å². The van der Waals surface area contributed by atoms with E-state index in [1.165, 1.54) is 12.4 Å². The van der Waals surface area contributed by atoms with Gasteiger partial charge < -0.3 is 20.9 Å². The van der Waals surface area contributed by atoms with Crippen LogP contribution < -0.4 is 11.1 Å². The molecule has 0 aromatic heterocycles. The summed E-state index contributed by atoms with van der Waals surface area (Å²) in [6.07, 6.45) is 0.